The third-order valence-corrected chi connectivity index (χ3v) is 5.23. The molecule has 2 aliphatic rings. The maximum absolute atomic E-state index is 12.2. The smallest absolute Gasteiger partial charge is 0.246 e. The molecule has 3 nitrogen and oxygen atoms in total. The van der Waals surface area contributed by atoms with E-state index in [0.29, 0.717) is 5.92 Å². The van der Waals surface area contributed by atoms with E-state index in [9.17, 15) is 4.79 Å². The van der Waals surface area contributed by atoms with Crippen molar-refractivity contribution in [3.05, 3.63) is 28.5 Å². The number of piperidine rings is 1. The van der Waals surface area contributed by atoms with E-state index < -0.39 is 0 Å². The number of amides is 1. The molecule has 0 N–H and O–H groups in total. The van der Waals surface area contributed by atoms with Crippen LogP contribution in [0.3, 0.4) is 0 Å². The van der Waals surface area contributed by atoms with Crippen LogP contribution in [0.15, 0.2) is 22.9 Å². The lowest BCUT2D eigenvalue weighted by atomic mass is 10.1. The second kappa shape index (κ2) is 7.23. The minimum Gasteiger partial charge on any atom is -0.339 e. The van der Waals surface area contributed by atoms with Gasteiger partial charge in [-0.1, -0.05) is 6.42 Å². The molecule has 3 heterocycles. The Labute approximate surface area is 131 Å². The van der Waals surface area contributed by atoms with Gasteiger partial charge in [0.2, 0.25) is 5.91 Å². The number of nitrogens with zero attached hydrogens (tertiary/aromatic N) is 2. The molecule has 0 spiro atoms. The van der Waals surface area contributed by atoms with E-state index >= 15 is 0 Å². The summed E-state index contributed by atoms with van der Waals surface area (Å²) in [6.07, 6.45) is 8.90. The number of hydrogen-bond acceptors (Lipinski definition) is 3. The molecule has 0 aromatic carbocycles. The van der Waals surface area contributed by atoms with Crippen LogP contribution in [0.25, 0.3) is 6.08 Å². The summed E-state index contributed by atoms with van der Waals surface area (Å²) in [5, 5.41) is 4.10. The molecule has 21 heavy (non-hydrogen) atoms. The van der Waals surface area contributed by atoms with Gasteiger partial charge in [-0.05, 0) is 66.7 Å². The lowest BCUT2D eigenvalue weighted by molar-refractivity contribution is -0.125. The molecule has 1 atom stereocenters. The quantitative estimate of drug-likeness (QED) is 0.798. The summed E-state index contributed by atoms with van der Waals surface area (Å²) in [5.41, 5.74) is 1.12. The van der Waals surface area contributed by atoms with Gasteiger partial charge >= 0.3 is 0 Å². The summed E-state index contributed by atoms with van der Waals surface area (Å²) in [4.78, 5) is 16.8. The Morgan fingerprint density at radius 1 is 1.29 bits per heavy atom. The van der Waals surface area contributed by atoms with Crippen molar-refractivity contribution in [3.63, 3.8) is 0 Å². The first kappa shape index (κ1) is 14.8. The largest absolute Gasteiger partial charge is 0.339 e. The van der Waals surface area contributed by atoms with Crippen LogP contribution >= 0.6 is 11.3 Å². The summed E-state index contributed by atoms with van der Waals surface area (Å²) < 4.78 is 0. The number of carbonyl (C=O) groups excluding carboxylic acids is 1. The van der Waals surface area contributed by atoms with Crippen LogP contribution in [-0.2, 0) is 4.79 Å². The highest BCUT2D eigenvalue weighted by molar-refractivity contribution is 7.08. The van der Waals surface area contributed by atoms with Gasteiger partial charge in [0.15, 0.2) is 0 Å². The molecule has 1 aromatic heterocycles. The molecule has 0 radical (unpaired) electrons. The third-order valence-electron chi connectivity index (χ3n) is 4.52. The number of thiophene rings is 1. The Bertz CT molecular complexity index is 477. The normalized spacial score (nSPS) is 24.0. The Balaban J connectivity index is 1.46. The van der Waals surface area contributed by atoms with E-state index in [1.807, 2.05) is 22.4 Å². The van der Waals surface area contributed by atoms with Crippen LogP contribution in [0.4, 0.5) is 0 Å². The van der Waals surface area contributed by atoms with E-state index in [1.54, 1.807) is 17.4 Å². The van der Waals surface area contributed by atoms with Crippen molar-refractivity contribution in [2.45, 2.75) is 25.7 Å². The van der Waals surface area contributed by atoms with Crippen molar-refractivity contribution in [3.8, 4) is 0 Å². The average Bonchev–Trinajstić information content (AvgIpc) is 3.17. The van der Waals surface area contributed by atoms with E-state index in [-0.39, 0.29) is 5.91 Å². The van der Waals surface area contributed by atoms with Crippen LogP contribution in [0.5, 0.6) is 0 Å². The third kappa shape index (κ3) is 4.17. The van der Waals surface area contributed by atoms with Crippen LogP contribution in [0.1, 0.15) is 31.2 Å². The number of carbonyl (C=O) groups is 1. The lowest BCUT2D eigenvalue weighted by Crippen LogP contribution is -2.35. The highest BCUT2D eigenvalue weighted by Crippen LogP contribution is 2.20. The Kier molecular flexibility index (Phi) is 5.09. The first-order valence-electron chi connectivity index (χ1n) is 8.03. The van der Waals surface area contributed by atoms with E-state index in [1.165, 1.54) is 38.9 Å². The monoisotopic (exact) mass is 304 g/mol. The lowest BCUT2D eigenvalue weighted by Gasteiger charge is -2.28. The van der Waals surface area contributed by atoms with Gasteiger partial charge in [0.25, 0.3) is 0 Å². The van der Waals surface area contributed by atoms with E-state index in [0.717, 1.165) is 25.1 Å². The standard InChI is InChI=1S/C17H24N2OS/c20-17(5-4-15-7-11-21-14-15)19-10-6-16(13-19)12-18-8-2-1-3-9-18/h4-5,7,11,14,16H,1-3,6,8-10,12-13H2/b5-4+/t16-/m1/s1. The molecule has 2 aliphatic heterocycles. The van der Waals surface area contributed by atoms with Crippen LogP contribution in [0, 0.1) is 5.92 Å². The minimum absolute atomic E-state index is 0.169. The van der Waals surface area contributed by atoms with Crippen molar-refractivity contribution in [2.24, 2.45) is 5.92 Å². The average molecular weight is 304 g/mol. The molecule has 1 amide bonds. The van der Waals surface area contributed by atoms with Crippen molar-refractivity contribution >= 4 is 23.3 Å². The summed E-state index contributed by atoms with van der Waals surface area (Å²) in [7, 11) is 0. The Morgan fingerprint density at radius 3 is 2.90 bits per heavy atom. The van der Waals surface area contributed by atoms with Crippen LogP contribution < -0.4 is 0 Å². The second-order valence-electron chi connectivity index (χ2n) is 6.19. The molecule has 4 heteroatoms. The fourth-order valence-electron chi connectivity index (χ4n) is 3.33. The summed E-state index contributed by atoms with van der Waals surface area (Å²) >= 11 is 1.66. The van der Waals surface area contributed by atoms with Crippen molar-refractivity contribution in [1.82, 2.24) is 9.80 Å². The topological polar surface area (TPSA) is 23.6 Å². The predicted octanol–water partition coefficient (Wildman–Crippen LogP) is 3.10. The number of likely N-dealkylation sites (tertiary alicyclic amines) is 2. The first-order valence-corrected chi connectivity index (χ1v) is 8.97. The Morgan fingerprint density at radius 2 is 2.14 bits per heavy atom. The maximum atomic E-state index is 12.2. The van der Waals surface area contributed by atoms with Crippen molar-refractivity contribution in [2.75, 3.05) is 32.7 Å². The predicted molar refractivity (Wildman–Crippen MR) is 88.3 cm³/mol. The van der Waals surface area contributed by atoms with Gasteiger partial charge in [-0.3, -0.25) is 4.79 Å². The molecule has 3 rings (SSSR count). The van der Waals surface area contributed by atoms with E-state index in [4.69, 9.17) is 0 Å². The molecule has 0 bridgehead atoms. The fourth-order valence-corrected chi connectivity index (χ4v) is 3.96. The van der Waals surface area contributed by atoms with Crippen molar-refractivity contribution in [1.29, 1.82) is 0 Å². The SMILES string of the molecule is O=C(/C=C/c1ccsc1)N1CC[C@H](CN2CCCCC2)C1. The minimum atomic E-state index is 0.169. The molecule has 2 fully saturated rings. The first-order chi connectivity index (χ1) is 10.3. The number of hydrogen-bond donors (Lipinski definition) is 0. The molecule has 0 unspecified atom stereocenters. The molecule has 114 valence electrons. The molecule has 0 saturated carbocycles. The zero-order chi connectivity index (χ0) is 14.5. The fraction of sp³-hybridized carbons (Fsp3) is 0.588. The zero-order valence-electron chi connectivity index (χ0n) is 12.5. The van der Waals surface area contributed by atoms with E-state index in [2.05, 4.69) is 10.3 Å². The molecule has 2 saturated heterocycles. The summed E-state index contributed by atoms with van der Waals surface area (Å²) in [5.74, 6) is 0.837. The van der Waals surface area contributed by atoms with Crippen LogP contribution in [-0.4, -0.2) is 48.4 Å². The van der Waals surface area contributed by atoms with Gasteiger partial charge < -0.3 is 9.80 Å². The van der Waals surface area contributed by atoms with Gasteiger partial charge in [-0.2, -0.15) is 11.3 Å². The maximum Gasteiger partial charge on any atom is 0.246 e. The molecule has 0 aliphatic carbocycles. The van der Waals surface area contributed by atoms with Gasteiger partial charge in [0.05, 0.1) is 0 Å². The van der Waals surface area contributed by atoms with Gasteiger partial charge in [-0.15, -0.1) is 0 Å². The number of rotatable bonds is 4. The highest BCUT2D eigenvalue weighted by Gasteiger charge is 2.26. The van der Waals surface area contributed by atoms with Gasteiger partial charge in [0, 0.05) is 25.7 Å². The van der Waals surface area contributed by atoms with Crippen LogP contribution in [0.2, 0.25) is 0 Å². The van der Waals surface area contributed by atoms with Gasteiger partial charge in [-0.25, -0.2) is 0 Å². The molecule has 1 aromatic rings. The highest BCUT2D eigenvalue weighted by atomic mass is 32.1. The van der Waals surface area contributed by atoms with Gasteiger partial charge in [0.1, 0.15) is 0 Å². The van der Waals surface area contributed by atoms with Crippen molar-refractivity contribution < 1.29 is 4.79 Å². The zero-order valence-corrected chi connectivity index (χ0v) is 13.4. The Hall–Kier alpha value is -1.13. The summed E-state index contributed by atoms with van der Waals surface area (Å²) in [6.45, 7) is 5.54. The molecular weight excluding hydrogens is 280 g/mol. The molecular formula is C17H24N2OS. The second-order valence-corrected chi connectivity index (χ2v) is 6.97. The summed E-state index contributed by atoms with van der Waals surface area (Å²) in [6, 6.07) is 2.04.